The predicted octanol–water partition coefficient (Wildman–Crippen LogP) is 2.19. The van der Waals surface area contributed by atoms with Crippen molar-refractivity contribution in [3.05, 3.63) is 65.2 Å². The Hall–Kier alpha value is -1.78. The molecule has 1 aliphatic rings. The molecule has 2 unspecified atom stereocenters. The normalized spacial score (nSPS) is 24.3. The van der Waals surface area contributed by atoms with E-state index in [4.69, 9.17) is 0 Å². The standard InChI is InChI=1S/C17H19FN2O/c1-20(2)11-14-8-12-9-15(18)5-6-16(12)17(14,21)13-4-3-7-19-10-13/h3-7,9-10,14,21H,8,11H2,1-2H3. The van der Waals surface area contributed by atoms with Crippen LogP contribution in [0.4, 0.5) is 4.39 Å². The van der Waals surface area contributed by atoms with Crippen LogP contribution in [0.2, 0.25) is 0 Å². The Labute approximate surface area is 124 Å². The zero-order chi connectivity index (χ0) is 15.0. The zero-order valence-electron chi connectivity index (χ0n) is 12.3. The predicted molar refractivity (Wildman–Crippen MR) is 79.4 cm³/mol. The van der Waals surface area contributed by atoms with E-state index in [-0.39, 0.29) is 11.7 Å². The Morgan fingerprint density at radius 2 is 2.19 bits per heavy atom. The van der Waals surface area contributed by atoms with E-state index in [1.165, 1.54) is 12.1 Å². The number of benzene rings is 1. The first-order chi connectivity index (χ1) is 10.0. The number of halogens is 1. The molecule has 3 rings (SSSR count). The molecule has 4 heteroatoms. The summed E-state index contributed by atoms with van der Waals surface area (Å²) in [5.74, 6) is -0.277. The topological polar surface area (TPSA) is 36.4 Å². The molecule has 1 aromatic carbocycles. The molecule has 0 bridgehead atoms. The van der Waals surface area contributed by atoms with Gasteiger partial charge in [-0.05, 0) is 49.8 Å². The molecule has 1 aromatic heterocycles. The quantitative estimate of drug-likeness (QED) is 0.939. The average molecular weight is 286 g/mol. The van der Waals surface area contributed by atoms with Crippen LogP contribution in [0, 0.1) is 11.7 Å². The molecule has 0 fully saturated rings. The lowest BCUT2D eigenvalue weighted by molar-refractivity contribution is 0.0187. The number of hydrogen-bond acceptors (Lipinski definition) is 3. The highest BCUT2D eigenvalue weighted by Crippen LogP contribution is 2.46. The van der Waals surface area contributed by atoms with Gasteiger partial charge in [0.15, 0.2) is 0 Å². The van der Waals surface area contributed by atoms with Crippen molar-refractivity contribution in [2.75, 3.05) is 20.6 Å². The number of aliphatic hydroxyl groups is 1. The van der Waals surface area contributed by atoms with Crippen LogP contribution in [0.25, 0.3) is 0 Å². The average Bonchev–Trinajstić information content (AvgIpc) is 2.72. The summed E-state index contributed by atoms with van der Waals surface area (Å²) in [7, 11) is 3.96. The third-order valence-corrected chi connectivity index (χ3v) is 4.22. The number of aromatic nitrogens is 1. The fraction of sp³-hybridized carbons (Fsp3) is 0.353. The minimum atomic E-state index is -1.11. The van der Waals surface area contributed by atoms with Crippen LogP contribution in [-0.4, -0.2) is 35.6 Å². The molecule has 1 N–H and O–H groups in total. The Morgan fingerprint density at radius 3 is 2.86 bits per heavy atom. The van der Waals surface area contributed by atoms with Crippen molar-refractivity contribution >= 4 is 0 Å². The van der Waals surface area contributed by atoms with E-state index in [0.29, 0.717) is 6.42 Å². The summed E-state index contributed by atoms with van der Waals surface area (Å²) in [5, 5.41) is 11.4. The number of pyridine rings is 1. The van der Waals surface area contributed by atoms with Crippen LogP contribution in [-0.2, 0) is 12.0 Å². The highest BCUT2D eigenvalue weighted by Gasteiger charge is 2.47. The minimum Gasteiger partial charge on any atom is -0.380 e. The summed E-state index contributed by atoms with van der Waals surface area (Å²) in [4.78, 5) is 6.18. The van der Waals surface area contributed by atoms with Crippen LogP contribution < -0.4 is 0 Å². The summed E-state index contributed by atoms with van der Waals surface area (Å²) in [6.45, 7) is 0.724. The lowest BCUT2D eigenvalue weighted by atomic mass is 9.81. The van der Waals surface area contributed by atoms with Gasteiger partial charge in [-0.1, -0.05) is 12.1 Å². The largest absolute Gasteiger partial charge is 0.380 e. The molecular formula is C17H19FN2O. The molecule has 0 saturated carbocycles. The first-order valence-electron chi connectivity index (χ1n) is 7.08. The van der Waals surface area contributed by atoms with E-state index >= 15 is 0 Å². The second-order valence-corrected chi connectivity index (χ2v) is 5.97. The van der Waals surface area contributed by atoms with Gasteiger partial charge in [-0.15, -0.1) is 0 Å². The highest BCUT2D eigenvalue weighted by molar-refractivity contribution is 5.46. The van der Waals surface area contributed by atoms with Crippen molar-refractivity contribution in [1.29, 1.82) is 0 Å². The molecule has 1 heterocycles. The van der Waals surface area contributed by atoms with E-state index in [0.717, 1.165) is 23.2 Å². The second-order valence-electron chi connectivity index (χ2n) is 5.97. The SMILES string of the molecule is CN(C)CC1Cc2cc(F)ccc2C1(O)c1cccnc1. The molecule has 1 aliphatic carbocycles. The monoisotopic (exact) mass is 286 g/mol. The molecule has 0 spiro atoms. The minimum absolute atomic E-state index is 0.0199. The van der Waals surface area contributed by atoms with Crippen molar-refractivity contribution in [3.8, 4) is 0 Å². The van der Waals surface area contributed by atoms with E-state index < -0.39 is 5.60 Å². The Kier molecular flexibility index (Phi) is 3.51. The second kappa shape index (κ2) is 5.20. The maximum Gasteiger partial charge on any atom is 0.123 e. The molecule has 0 radical (unpaired) electrons. The van der Waals surface area contributed by atoms with Gasteiger partial charge in [-0.25, -0.2) is 4.39 Å². The van der Waals surface area contributed by atoms with Crippen LogP contribution in [0.15, 0.2) is 42.7 Å². The number of fused-ring (bicyclic) bond motifs is 1. The van der Waals surface area contributed by atoms with Gasteiger partial charge in [0.05, 0.1) is 0 Å². The first kappa shape index (κ1) is 14.2. The number of hydrogen-bond donors (Lipinski definition) is 1. The molecule has 0 aliphatic heterocycles. The van der Waals surface area contributed by atoms with Gasteiger partial charge in [-0.2, -0.15) is 0 Å². The Bertz CT molecular complexity index is 644. The molecule has 3 nitrogen and oxygen atoms in total. The van der Waals surface area contributed by atoms with E-state index in [2.05, 4.69) is 4.98 Å². The number of nitrogens with zero attached hydrogens (tertiary/aromatic N) is 2. The van der Waals surface area contributed by atoms with Crippen molar-refractivity contribution in [2.24, 2.45) is 5.92 Å². The molecule has 21 heavy (non-hydrogen) atoms. The van der Waals surface area contributed by atoms with Gasteiger partial charge < -0.3 is 10.0 Å². The molecule has 0 saturated heterocycles. The lowest BCUT2D eigenvalue weighted by Gasteiger charge is -2.33. The fourth-order valence-electron chi connectivity index (χ4n) is 3.35. The molecule has 2 aromatic rings. The van der Waals surface area contributed by atoms with Crippen molar-refractivity contribution in [1.82, 2.24) is 9.88 Å². The molecular weight excluding hydrogens is 267 g/mol. The zero-order valence-corrected chi connectivity index (χ0v) is 12.3. The van der Waals surface area contributed by atoms with Gasteiger partial charge in [0.2, 0.25) is 0 Å². The van der Waals surface area contributed by atoms with Crippen LogP contribution >= 0.6 is 0 Å². The van der Waals surface area contributed by atoms with Gasteiger partial charge >= 0.3 is 0 Å². The summed E-state index contributed by atoms with van der Waals surface area (Å²) < 4.78 is 13.5. The summed E-state index contributed by atoms with van der Waals surface area (Å²) in [5.41, 5.74) is 1.33. The highest BCUT2D eigenvalue weighted by atomic mass is 19.1. The summed E-state index contributed by atoms with van der Waals surface area (Å²) in [6.07, 6.45) is 4.05. The van der Waals surface area contributed by atoms with Crippen LogP contribution in [0.1, 0.15) is 16.7 Å². The van der Waals surface area contributed by atoms with Gasteiger partial charge in [0.25, 0.3) is 0 Å². The van der Waals surface area contributed by atoms with Crippen molar-refractivity contribution in [2.45, 2.75) is 12.0 Å². The summed E-state index contributed by atoms with van der Waals surface area (Å²) in [6, 6.07) is 8.35. The summed E-state index contributed by atoms with van der Waals surface area (Å²) >= 11 is 0. The van der Waals surface area contributed by atoms with Gasteiger partial charge in [0, 0.05) is 30.4 Å². The smallest absolute Gasteiger partial charge is 0.123 e. The van der Waals surface area contributed by atoms with Crippen LogP contribution in [0.5, 0.6) is 0 Å². The fourth-order valence-corrected chi connectivity index (χ4v) is 3.35. The number of rotatable bonds is 3. The molecule has 110 valence electrons. The van der Waals surface area contributed by atoms with E-state index in [1.807, 2.05) is 31.1 Å². The van der Waals surface area contributed by atoms with Crippen molar-refractivity contribution < 1.29 is 9.50 Å². The van der Waals surface area contributed by atoms with E-state index in [9.17, 15) is 9.50 Å². The first-order valence-corrected chi connectivity index (χ1v) is 7.08. The lowest BCUT2D eigenvalue weighted by Crippen LogP contribution is -2.38. The maximum absolute atomic E-state index is 13.5. The van der Waals surface area contributed by atoms with Gasteiger partial charge in [-0.3, -0.25) is 4.98 Å². The Balaban J connectivity index is 2.13. The van der Waals surface area contributed by atoms with Crippen molar-refractivity contribution in [3.63, 3.8) is 0 Å². The third-order valence-electron chi connectivity index (χ3n) is 4.22. The maximum atomic E-state index is 13.5. The van der Waals surface area contributed by atoms with E-state index in [1.54, 1.807) is 18.5 Å². The molecule has 2 atom stereocenters. The Morgan fingerprint density at radius 1 is 1.38 bits per heavy atom. The van der Waals surface area contributed by atoms with Gasteiger partial charge in [0.1, 0.15) is 11.4 Å². The third kappa shape index (κ3) is 2.34. The van der Waals surface area contributed by atoms with Crippen LogP contribution in [0.3, 0.4) is 0 Å². The molecule has 0 amide bonds.